The number of aliphatic hydroxyl groups excluding tert-OH is 2. The fourth-order valence-electron chi connectivity index (χ4n) is 1.80. The van der Waals surface area contributed by atoms with Crippen molar-refractivity contribution >= 4 is 0 Å². The summed E-state index contributed by atoms with van der Waals surface area (Å²) in [6, 6.07) is 6.44. The van der Waals surface area contributed by atoms with Crippen LogP contribution in [-0.4, -0.2) is 41.9 Å². The molecule has 0 atom stereocenters. The van der Waals surface area contributed by atoms with E-state index in [1.54, 1.807) is 6.07 Å². The van der Waals surface area contributed by atoms with Gasteiger partial charge in [-0.05, 0) is 24.7 Å². The van der Waals surface area contributed by atoms with Crippen LogP contribution in [0.5, 0.6) is 0 Å². The zero-order chi connectivity index (χ0) is 12.9. The summed E-state index contributed by atoms with van der Waals surface area (Å²) in [6.45, 7) is 2.81. The van der Waals surface area contributed by atoms with Gasteiger partial charge in [0, 0.05) is 18.5 Å². The summed E-state index contributed by atoms with van der Waals surface area (Å²) in [5.41, 5.74) is 0.355. The maximum Gasteiger partial charge on any atom is 0.123 e. The first-order valence-electron chi connectivity index (χ1n) is 5.64. The van der Waals surface area contributed by atoms with E-state index >= 15 is 0 Å². The van der Waals surface area contributed by atoms with Gasteiger partial charge in [-0.25, -0.2) is 4.39 Å². The third-order valence-electron chi connectivity index (χ3n) is 2.76. The van der Waals surface area contributed by atoms with Crippen LogP contribution in [0.2, 0.25) is 0 Å². The molecule has 0 radical (unpaired) electrons. The largest absolute Gasteiger partial charge is 0.396 e. The molecule has 0 aliphatic rings. The lowest BCUT2D eigenvalue weighted by Gasteiger charge is -2.30. The van der Waals surface area contributed by atoms with Gasteiger partial charge in [-0.3, -0.25) is 0 Å². The highest BCUT2D eigenvalue weighted by Crippen LogP contribution is 2.17. The lowest BCUT2D eigenvalue weighted by Crippen LogP contribution is -2.38. The molecular formula is C13H20FNO2. The molecule has 0 spiro atoms. The number of hydrogen-bond donors (Lipinski definition) is 2. The van der Waals surface area contributed by atoms with Crippen molar-refractivity contribution in [2.45, 2.75) is 13.5 Å². The monoisotopic (exact) mass is 241 g/mol. The summed E-state index contributed by atoms with van der Waals surface area (Å²) in [4.78, 5) is 1.96. The third kappa shape index (κ3) is 4.42. The molecule has 96 valence electrons. The standard InChI is InChI=1S/C13H20FNO2/c1-13(9-16,10-17)8-15(2)7-11-4-3-5-12(14)6-11/h3-6,16-17H,7-10H2,1-2H3. The molecule has 3 nitrogen and oxygen atoms in total. The van der Waals surface area contributed by atoms with Crippen LogP contribution in [0, 0.1) is 11.2 Å². The third-order valence-corrected chi connectivity index (χ3v) is 2.76. The van der Waals surface area contributed by atoms with E-state index in [-0.39, 0.29) is 19.0 Å². The summed E-state index contributed by atoms with van der Waals surface area (Å²) in [7, 11) is 1.88. The molecule has 1 aromatic carbocycles. The first-order chi connectivity index (χ1) is 7.99. The lowest BCUT2D eigenvalue weighted by atomic mass is 9.92. The topological polar surface area (TPSA) is 43.7 Å². The van der Waals surface area contributed by atoms with E-state index in [0.29, 0.717) is 13.1 Å². The number of halogens is 1. The number of benzene rings is 1. The average Bonchev–Trinajstić information content (AvgIpc) is 2.28. The van der Waals surface area contributed by atoms with Crippen LogP contribution in [0.4, 0.5) is 4.39 Å². The van der Waals surface area contributed by atoms with Gasteiger partial charge in [0.25, 0.3) is 0 Å². The van der Waals surface area contributed by atoms with Gasteiger partial charge in [0.1, 0.15) is 5.82 Å². The van der Waals surface area contributed by atoms with Gasteiger partial charge in [-0.15, -0.1) is 0 Å². The van der Waals surface area contributed by atoms with Crippen LogP contribution < -0.4 is 0 Å². The van der Waals surface area contributed by atoms with E-state index in [4.69, 9.17) is 0 Å². The summed E-state index contributed by atoms with van der Waals surface area (Å²) in [6.07, 6.45) is 0. The molecule has 4 heteroatoms. The molecule has 2 N–H and O–H groups in total. The molecule has 0 saturated carbocycles. The van der Waals surface area contributed by atoms with Gasteiger partial charge in [0.2, 0.25) is 0 Å². The smallest absolute Gasteiger partial charge is 0.123 e. The predicted octanol–water partition coefficient (Wildman–Crippen LogP) is 1.25. The zero-order valence-electron chi connectivity index (χ0n) is 10.4. The number of nitrogens with zero attached hydrogens (tertiary/aromatic N) is 1. The van der Waals surface area contributed by atoms with Crippen LogP contribution in [0.25, 0.3) is 0 Å². The van der Waals surface area contributed by atoms with Gasteiger partial charge in [-0.2, -0.15) is 0 Å². The molecule has 0 heterocycles. The van der Waals surface area contributed by atoms with Crippen molar-refractivity contribution in [2.24, 2.45) is 5.41 Å². The summed E-state index contributed by atoms with van der Waals surface area (Å²) in [5, 5.41) is 18.4. The summed E-state index contributed by atoms with van der Waals surface area (Å²) < 4.78 is 13.0. The van der Waals surface area contributed by atoms with Crippen molar-refractivity contribution < 1.29 is 14.6 Å². The quantitative estimate of drug-likeness (QED) is 0.787. The van der Waals surface area contributed by atoms with E-state index in [2.05, 4.69) is 0 Å². The molecule has 0 amide bonds. The Bertz CT molecular complexity index is 353. The maximum absolute atomic E-state index is 13.0. The van der Waals surface area contributed by atoms with Crippen LogP contribution in [-0.2, 0) is 6.54 Å². The molecule has 1 aromatic rings. The predicted molar refractivity (Wildman–Crippen MR) is 65.0 cm³/mol. The highest BCUT2D eigenvalue weighted by molar-refractivity contribution is 5.16. The highest BCUT2D eigenvalue weighted by atomic mass is 19.1. The van der Waals surface area contributed by atoms with Crippen LogP contribution in [0.1, 0.15) is 12.5 Å². The van der Waals surface area contributed by atoms with Crippen LogP contribution in [0.3, 0.4) is 0 Å². The minimum atomic E-state index is -0.526. The molecule has 0 aromatic heterocycles. The molecule has 0 saturated heterocycles. The Morgan fingerprint density at radius 3 is 2.47 bits per heavy atom. The fraction of sp³-hybridized carbons (Fsp3) is 0.538. The van der Waals surface area contributed by atoms with Crippen molar-refractivity contribution in [2.75, 3.05) is 26.8 Å². The Morgan fingerprint density at radius 1 is 1.29 bits per heavy atom. The van der Waals surface area contributed by atoms with Crippen molar-refractivity contribution in [3.05, 3.63) is 35.6 Å². The molecule has 0 aliphatic heterocycles. The maximum atomic E-state index is 13.0. The van der Waals surface area contributed by atoms with Gasteiger partial charge in [0.15, 0.2) is 0 Å². The molecule has 17 heavy (non-hydrogen) atoms. The Hall–Kier alpha value is -0.970. The minimum Gasteiger partial charge on any atom is -0.396 e. The number of hydrogen-bond acceptors (Lipinski definition) is 3. The second kappa shape index (κ2) is 6.10. The molecule has 0 bridgehead atoms. The lowest BCUT2D eigenvalue weighted by molar-refractivity contribution is 0.0402. The van der Waals surface area contributed by atoms with E-state index in [1.165, 1.54) is 12.1 Å². The number of aliphatic hydroxyl groups is 2. The van der Waals surface area contributed by atoms with Crippen molar-refractivity contribution in [3.63, 3.8) is 0 Å². The Morgan fingerprint density at radius 2 is 1.94 bits per heavy atom. The van der Waals surface area contributed by atoms with Gasteiger partial charge in [0.05, 0.1) is 13.2 Å². The van der Waals surface area contributed by atoms with Gasteiger partial charge in [-0.1, -0.05) is 19.1 Å². The van der Waals surface area contributed by atoms with Crippen molar-refractivity contribution in [3.8, 4) is 0 Å². The van der Waals surface area contributed by atoms with E-state index < -0.39 is 5.41 Å². The fourth-order valence-corrected chi connectivity index (χ4v) is 1.80. The Labute approximate surface area is 101 Å². The molecule has 0 unspecified atom stereocenters. The van der Waals surface area contributed by atoms with Crippen LogP contribution in [0.15, 0.2) is 24.3 Å². The SMILES string of the molecule is CN(Cc1cccc(F)c1)CC(C)(CO)CO. The molecule has 0 aliphatic carbocycles. The summed E-state index contributed by atoms with van der Waals surface area (Å²) >= 11 is 0. The molecule has 0 fully saturated rings. The van der Waals surface area contributed by atoms with Gasteiger partial charge >= 0.3 is 0 Å². The van der Waals surface area contributed by atoms with E-state index in [0.717, 1.165) is 5.56 Å². The summed E-state index contributed by atoms with van der Waals surface area (Å²) in [5.74, 6) is -0.247. The van der Waals surface area contributed by atoms with Crippen LogP contribution >= 0.6 is 0 Å². The first kappa shape index (κ1) is 14.1. The second-order valence-electron chi connectivity index (χ2n) is 4.93. The molecule has 1 rings (SSSR count). The van der Waals surface area contributed by atoms with Gasteiger partial charge < -0.3 is 15.1 Å². The average molecular weight is 241 g/mol. The second-order valence-corrected chi connectivity index (χ2v) is 4.93. The normalized spacial score (nSPS) is 12.1. The zero-order valence-corrected chi connectivity index (χ0v) is 10.4. The Kier molecular flexibility index (Phi) is 5.05. The van der Waals surface area contributed by atoms with Crippen molar-refractivity contribution in [1.82, 2.24) is 4.90 Å². The van der Waals surface area contributed by atoms with E-state index in [9.17, 15) is 14.6 Å². The highest BCUT2D eigenvalue weighted by Gasteiger charge is 2.24. The first-order valence-corrected chi connectivity index (χ1v) is 5.64. The minimum absolute atomic E-state index is 0.0724. The van der Waals surface area contributed by atoms with E-state index in [1.807, 2.05) is 24.9 Å². The van der Waals surface area contributed by atoms with Crippen molar-refractivity contribution in [1.29, 1.82) is 0 Å². The number of rotatable bonds is 6. The molecular weight excluding hydrogens is 221 g/mol. The Balaban J connectivity index is 2.58.